The van der Waals surface area contributed by atoms with Gasteiger partial charge in [0.15, 0.2) is 0 Å². The van der Waals surface area contributed by atoms with Crippen LogP contribution in [-0.4, -0.2) is 15.7 Å². The zero-order chi connectivity index (χ0) is 16.9. The molecule has 3 rings (SSSR count). The number of halogens is 1. The second-order valence-corrected chi connectivity index (χ2v) is 5.16. The van der Waals surface area contributed by atoms with Gasteiger partial charge in [-0.15, -0.1) is 0 Å². The van der Waals surface area contributed by atoms with Gasteiger partial charge in [-0.25, -0.2) is 14.8 Å². The molecule has 1 aromatic heterocycles. The maximum absolute atomic E-state index is 12.9. The molecule has 0 amide bonds. The van der Waals surface area contributed by atoms with Crippen molar-refractivity contribution in [3.8, 4) is 11.3 Å². The monoisotopic (exact) mass is 322 g/mol. The van der Waals surface area contributed by atoms with Crippen LogP contribution in [0.15, 0.2) is 70.6 Å². The van der Waals surface area contributed by atoms with Crippen LogP contribution in [0, 0.1) is 5.82 Å². The van der Waals surface area contributed by atoms with Crippen molar-refractivity contribution in [2.24, 2.45) is 5.10 Å². The summed E-state index contributed by atoms with van der Waals surface area (Å²) in [5.74, 6) is -0.0658. The van der Waals surface area contributed by atoms with E-state index in [1.807, 2.05) is 30.3 Å². The lowest BCUT2D eigenvalue weighted by atomic mass is 10.1. The Bertz CT molecular complexity index is 918. The van der Waals surface area contributed by atoms with Crippen LogP contribution in [0.25, 0.3) is 11.3 Å². The van der Waals surface area contributed by atoms with Crippen molar-refractivity contribution in [1.82, 2.24) is 9.97 Å². The quantitative estimate of drug-likeness (QED) is 0.571. The lowest BCUT2D eigenvalue weighted by Gasteiger charge is -2.05. The molecule has 5 nitrogen and oxygen atoms in total. The van der Waals surface area contributed by atoms with Crippen molar-refractivity contribution in [3.63, 3.8) is 0 Å². The van der Waals surface area contributed by atoms with Crippen LogP contribution in [0.2, 0.25) is 0 Å². The lowest BCUT2D eigenvalue weighted by molar-refractivity contribution is 0.628. The molecule has 0 atom stereocenters. The molecule has 0 fully saturated rings. The molecule has 0 spiro atoms. The van der Waals surface area contributed by atoms with Gasteiger partial charge in [0.1, 0.15) is 5.82 Å². The maximum atomic E-state index is 12.9. The van der Waals surface area contributed by atoms with E-state index in [1.165, 1.54) is 18.2 Å². The van der Waals surface area contributed by atoms with Gasteiger partial charge in [0.05, 0.1) is 11.4 Å². The Labute approximate surface area is 137 Å². The van der Waals surface area contributed by atoms with E-state index in [0.29, 0.717) is 11.4 Å². The summed E-state index contributed by atoms with van der Waals surface area (Å²) in [4.78, 5) is 18.7. The molecule has 0 aliphatic heterocycles. The SMILES string of the molecule is C/C(=N/Nc1nc(-c2ccccc2)cc(=O)[nH]1)c1ccc(F)cc1. The van der Waals surface area contributed by atoms with E-state index in [-0.39, 0.29) is 17.3 Å². The second-order valence-electron chi connectivity index (χ2n) is 5.16. The smallest absolute Gasteiger partial charge is 0.252 e. The minimum absolute atomic E-state index is 0.239. The molecule has 6 heteroatoms. The number of hydrazone groups is 1. The minimum Gasteiger partial charge on any atom is -0.291 e. The van der Waals surface area contributed by atoms with Gasteiger partial charge in [-0.05, 0) is 24.6 Å². The number of aromatic amines is 1. The fraction of sp³-hybridized carbons (Fsp3) is 0.0556. The van der Waals surface area contributed by atoms with Crippen LogP contribution in [0.5, 0.6) is 0 Å². The fourth-order valence-electron chi connectivity index (χ4n) is 2.16. The van der Waals surface area contributed by atoms with Gasteiger partial charge < -0.3 is 0 Å². The Morgan fingerprint density at radius 3 is 2.54 bits per heavy atom. The van der Waals surface area contributed by atoms with Gasteiger partial charge in [0, 0.05) is 11.6 Å². The van der Waals surface area contributed by atoms with E-state index in [2.05, 4.69) is 20.5 Å². The predicted molar refractivity (Wildman–Crippen MR) is 92.5 cm³/mol. The Balaban J connectivity index is 1.85. The molecular weight excluding hydrogens is 307 g/mol. The maximum Gasteiger partial charge on any atom is 0.252 e. The summed E-state index contributed by atoms with van der Waals surface area (Å²) >= 11 is 0. The predicted octanol–water partition coefficient (Wildman–Crippen LogP) is 3.41. The van der Waals surface area contributed by atoms with Crippen molar-refractivity contribution in [3.05, 3.63) is 82.4 Å². The van der Waals surface area contributed by atoms with Crippen molar-refractivity contribution in [2.75, 3.05) is 5.43 Å². The third-order valence-electron chi connectivity index (χ3n) is 3.40. The summed E-state index contributed by atoms with van der Waals surface area (Å²) in [5.41, 5.74) is 5.26. The van der Waals surface area contributed by atoms with Gasteiger partial charge in [-0.3, -0.25) is 9.78 Å². The van der Waals surface area contributed by atoms with E-state index in [1.54, 1.807) is 19.1 Å². The summed E-state index contributed by atoms with van der Waals surface area (Å²) in [5, 5.41) is 4.18. The van der Waals surface area contributed by atoms with Crippen LogP contribution in [0.1, 0.15) is 12.5 Å². The second kappa shape index (κ2) is 6.87. The summed E-state index contributed by atoms with van der Waals surface area (Å²) in [7, 11) is 0. The van der Waals surface area contributed by atoms with Crippen molar-refractivity contribution >= 4 is 11.7 Å². The average Bonchev–Trinajstić information content (AvgIpc) is 2.60. The molecular formula is C18H15FN4O. The number of rotatable bonds is 4. The summed E-state index contributed by atoms with van der Waals surface area (Å²) in [6, 6.07) is 16.8. The third kappa shape index (κ3) is 3.73. The molecule has 120 valence electrons. The highest BCUT2D eigenvalue weighted by Crippen LogP contribution is 2.15. The first kappa shape index (κ1) is 15.6. The molecule has 3 aromatic rings. The Morgan fingerprint density at radius 1 is 1.12 bits per heavy atom. The fourth-order valence-corrected chi connectivity index (χ4v) is 2.16. The van der Waals surface area contributed by atoms with Gasteiger partial charge >= 0.3 is 0 Å². The van der Waals surface area contributed by atoms with E-state index >= 15 is 0 Å². The average molecular weight is 322 g/mol. The Kier molecular flexibility index (Phi) is 4.47. The number of nitrogens with one attached hydrogen (secondary N) is 2. The molecule has 24 heavy (non-hydrogen) atoms. The first-order chi connectivity index (χ1) is 11.6. The molecule has 1 heterocycles. The van der Waals surface area contributed by atoms with Crippen molar-refractivity contribution < 1.29 is 4.39 Å². The number of hydrogen-bond donors (Lipinski definition) is 2. The number of benzene rings is 2. The largest absolute Gasteiger partial charge is 0.291 e. The molecule has 0 aliphatic rings. The summed E-state index contributed by atoms with van der Waals surface area (Å²) in [6.45, 7) is 1.78. The van der Waals surface area contributed by atoms with Crippen LogP contribution in [0.4, 0.5) is 10.3 Å². The summed E-state index contributed by atoms with van der Waals surface area (Å²) in [6.07, 6.45) is 0. The highest BCUT2D eigenvalue weighted by molar-refractivity contribution is 5.98. The number of aromatic nitrogens is 2. The highest BCUT2D eigenvalue weighted by Gasteiger charge is 2.04. The Morgan fingerprint density at radius 2 is 1.83 bits per heavy atom. The van der Waals surface area contributed by atoms with E-state index in [0.717, 1.165) is 11.1 Å². The minimum atomic E-state index is -0.305. The highest BCUT2D eigenvalue weighted by atomic mass is 19.1. The van der Waals surface area contributed by atoms with E-state index in [4.69, 9.17) is 0 Å². The first-order valence-corrected chi connectivity index (χ1v) is 7.35. The molecule has 2 N–H and O–H groups in total. The van der Waals surface area contributed by atoms with E-state index in [9.17, 15) is 9.18 Å². The topological polar surface area (TPSA) is 70.1 Å². The Hall–Kier alpha value is -3.28. The summed E-state index contributed by atoms with van der Waals surface area (Å²) < 4.78 is 12.9. The van der Waals surface area contributed by atoms with Crippen LogP contribution in [-0.2, 0) is 0 Å². The van der Waals surface area contributed by atoms with Gasteiger partial charge in [-0.2, -0.15) is 5.10 Å². The number of nitrogens with zero attached hydrogens (tertiary/aromatic N) is 2. The molecule has 0 radical (unpaired) electrons. The lowest BCUT2D eigenvalue weighted by Crippen LogP contribution is -2.11. The molecule has 0 bridgehead atoms. The zero-order valence-corrected chi connectivity index (χ0v) is 13.0. The standard InChI is InChI=1S/C18H15FN4O/c1-12(13-7-9-15(19)10-8-13)22-23-18-20-16(11-17(24)21-18)14-5-3-2-4-6-14/h2-11H,1H3,(H2,20,21,23,24)/b22-12-. The molecule has 2 aromatic carbocycles. The van der Waals surface area contributed by atoms with Crippen molar-refractivity contribution in [1.29, 1.82) is 0 Å². The van der Waals surface area contributed by atoms with Crippen LogP contribution >= 0.6 is 0 Å². The molecule has 0 saturated carbocycles. The van der Waals surface area contributed by atoms with E-state index < -0.39 is 0 Å². The van der Waals surface area contributed by atoms with Gasteiger partial charge in [0.25, 0.3) is 5.56 Å². The van der Waals surface area contributed by atoms with Gasteiger partial charge in [0.2, 0.25) is 5.95 Å². The third-order valence-corrected chi connectivity index (χ3v) is 3.40. The number of anilines is 1. The number of H-pyrrole nitrogens is 1. The molecule has 0 aliphatic carbocycles. The zero-order valence-electron chi connectivity index (χ0n) is 13.0. The number of hydrogen-bond acceptors (Lipinski definition) is 4. The van der Waals surface area contributed by atoms with Gasteiger partial charge in [-0.1, -0.05) is 42.5 Å². The molecule has 0 saturated heterocycles. The molecule has 0 unspecified atom stereocenters. The van der Waals surface area contributed by atoms with Crippen molar-refractivity contribution in [2.45, 2.75) is 6.92 Å². The van der Waals surface area contributed by atoms with Crippen LogP contribution < -0.4 is 11.0 Å². The first-order valence-electron chi connectivity index (χ1n) is 7.35. The van der Waals surface area contributed by atoms with Crippen LogP contribution in [0.3, 0.4) is 0 Å². The normalized spacial score (nSPS) is 11.3.